The number of aromatic nitrogens is 2. The summed E-state index contributed by atoms with van der Waals surface area (Å²) in [6.45, 7) is 5.05. The third-order valence-corrected chi connectivity index (χ3v) is 8.35. The number of hydrogen-bond acceptors (Lipinski definition) is 7. The van der Waals surface area contributed by atoms with Gasteiger partial charge in [0.2, 0.25) is 0 Å². The van der Waals surface area contributed by atoms with Crippen molar-refractivity contribution in [3.05, 3.63) is 82.9 Å². The molecule has 1 aromatic heterocycles. The maximum absolute atomic E-state index is 13.6. The maximum Gasteiger partial charge on any atom is 0.341 e. The van der Waals surface area contributed by atoms with E-state index >= 15 is 0 Å². The van der Waals surface area contributed by atoms with E-state index in [0.717, 1.165) is 72.4 Å². The smallest absolute Gasteiger partial charge is 0.341 e. The third kappa shape index (κ3) is 6.21. The number of allylic oxidation sites excluding steroid dienone is 1. The number of nitrogens with one attached hydrogen (secondary N) is 1. The molecule has 9 nitrogen and oxygen atoms in total. The van der Waals surface area contributed by atoms with Crippen LogP contribution in [0.4, 0.5) is 0 Å². The average molecular weight is 573 g/mol. The number of carbonyl (C=O) groups excluding carboxylic acids is 2. The van der Waals surface area contributed by atoms with Gasteiger partial charge in [-0.1, -0.05) is 31.5 Å². The Morgan fingerprint density at radius 2 is 1.98 bits per heavy atom. The minimum Gasteiger partial charge on any atom is -0.465 e. The number of rotatable bonds is 9. The zero-order chi connectivity index (χ0) is 29.1. The van der Waals surface area contributed by atoms with Crippen LogP contribution in [0.25, 0.3) is 16.8 Å². The van der Waals surface area contributed by atoms with Gasteiger partial charge in [0.1, 0.15) is 5.56 Å². The monoisotopic (exact) mass is 572 g/mol. The Morgan fingerprint density at radius 1 is 1.17 bits per heavy atom. The van der Waals surface area contributed by atoms with Crippen molar-refractivity contribution in [2.75, 3.05) is 20.7 Å². The van der Waals surface area contributed by atoms with E-state index in [1.165, 1.54) is 13.5 Å². The van der Waals surface area contributed by atoms with Gasteiger partial charge in [-0.2, -0.15) is 5.10 Å². The van der Waals surface area contributed by atoms with Gasteiger partial charge in [-0.25, -0.2) is 9.48 Å². The number of methoxy groups -OCH3 is 1. The number of nitrogens with two attached hydrogens (primary N) is 1. The van der Waals surface area contributed by atoms with E-state index in [2.05, 4.69) is 40.4 Å². The SMILES string of the molecule is CCC[C@@H]1CCCCN1C(=O)c1cccc(-c2cc(C)cc(-n3ncc(C(=O)OC)c3[C@H]3C[C@@H]3/C(N)=C/NC)c2)c1.N. The first-order valence-corrected chi connectivity index (χ1v) is 14.7. The summed E-state index contributed by atoms with van der Waals surface area (Å²) in [7, 11) is 3.21. The normalized spacial score (nSPS) is 20.0. The lowest BCUT2D eigenvalue weighted by atomic mass is 9.96. The summed E-state index contributed by atoms with van der Waals surface area (Å²) < 4.78 is 6.93. The van der Waals surface area contributed by atoms with Crippen molar-refractivity contribution in [1.29, 1.82) is 0 Å². The molecule has 0 bridgehead atoms. The number of amides is 1. The van der Waals surface area contributed by atoms with Crippen LogP contribution in [0.15, 0.2) is 60.6 Å². The predicted octanol–water partition coefficient (Wildman–Crippen LogP) is 5.71. The molecule has 1 aliphatic carbocycles. The van der Waals surface area contributed by atoms with Crippen LogP contribution in [0.5, 0.6) is 0 Å². The molecule has 0 radical (unpaired) electrons. The quantitative estimate of drug-likeness (QED) is 0.279. The van der Waals surface area contributed by atoms with Crippen molar-refractivity contribution < 1.29 is 14.3 Å². The van der Waals surface area contributed by atoms with Gasteiger partial charge in [-0.05, 0) is 80.0 Å². The first-order valence-electron chi connectivity index (χ1n) is 14.7. The first kappa shape index (κ1) is 30.8. The first-order chi connectivity index (χ1) is 19.9. The summed E-state index contributed by atoms with van der Waals surface area (Å²) >= 11 is 0. The predicted molar refractivity (Wildman–Crippen MR) is 166 cm³/mol. The summed E-state index contributed by atoms with van der Waals surface area (Å²) in [5.74, 6) is -0.116. The van der Waals surface area contributed by atoms with Crippen LogP contribution in [0.3, 0.4) is 0 Å². The molecule has 1 saturated heterocycles. The fraction of sp³-hybridized carbons (Fsp3) is 0.424. The molecule has 1 saturated carbocycles. The Bertz CT molecular complexity index is 1460. The molecule has 42 heavy (non-hydrogen) atoms. The number of ether oxygens (including phenoxy) is 1. The van der Waals surface area contributed by atoms with Crippen LogP contribution >= 0.6 is 0 Å². The maximum atomic E-state index is 13.6. The summed E-state index contributed by atoms with van der Waals surface area (Å²) in [4.78, 5) is 28.4. The highest BCUT2D eigenvalue weighted by atomic mass is 16.5. The number of likely N-dealkylation sites (tertiary alicyclic amines) is 1. The minimum absolute atomic E-state index is 0. The molecule has 1 aliphatic heterocycles. The molecular weight excluding hydrogens is 528 g/mol. The fourth-order valence-corrected chi connectivity index (χ4v) is 6.28. The Hall–Kier alpha value is -4.11. The zero-order valence-corrected chi connectivity index (χ0v) is 25.2. The second-order valence-electron chi connectivity index (χ2n) is 11.3. The number of esters is 1. The Balaban J connectivity index is 0.00000405. The lowest BCUT2D eigenvalue weighted by Crippen LogP contribution is -2.43. The van der Waals surface area contributed by atoms with E-state index in [4.69, 9.17) is 10.5 Å². The van der Waals surface area contributed by atoms with Gasteiger partial charge in [0.25, 0.3) is 5.91 Å². The highest BCUT2D eigenvalue weighted by Crippen LogP contribution is 2.51. The second kappa shape index (κ2) is 13.2. The number of carbonyl (C=O) groups is 2. The van der Waals surface area contributed by atoms with Crippen LogP contribution < -0.4 is 17.2 Å². The Morgan fingerprint density at radius 3 is 2.71 bits per heavy atom. The molecular formula is C33H44N6O3. The summed E-state index contributed by atoms with van der Waals surface area (Å²) in [5.41, 5.74) is 12.9. The third-order valence-electron chi connectivity index (χ3n) is 8.35. The van der Waals surface area contributed by atoms with Crippen molar-refractivity contribution in [2.24, 2.45) is 11.7 Å². The van der Waals surface area contributed by atoms with Gasteiger partial charge in [0.05, 0.1) is 24.7 Å². The number of benzene rings is 2. The number of hydrogen-bond donors (Lipinski definition) is 3. The molecule has 5 rings (SSSR count). The van der Waals surface area contributed by atoms with Crippen molar-refractivity contribution >= 4 is 11.9 Å². The molecule has 3 aromatic rings. The number of aryl methyl sites for hydroxylation is 1. The van der Waals surface area contributed by atoms with E-state index in [0.29, 0.717) is 17.2 Å². The summed E-state index contributed by atoms with van der Waals surface area (Å²) in [6.07, 6.45) is 9.67. The fourth-order valence-electron chi connectivity index (χ4n) is 6.28. The van der Waals surface area contributed by atoms with Crippen LogP contribution in [-0.4, -0.2) is 53.3 Å². The van der Waals surface area contributed by atoms with Crippen molar-refractivity contribution in [3.8, 4) is 16.8 Å². The van der Waals surface area contributed by atoms with Crippen molar-refractivity contribution in [3.63, 3.8) is 0 Å². The van der Waals surface area contributed by atoms with E-state index in [1.54, 1.807) is 12.4 Å². The van der Waals surface area contributed by atoms with Crippen molar-refractivity contribution in [1.82, 2.24) is 26.1 Å². The van der Waals surface area contributed by atoms with Gasteiger partial charge in [-0.15, -0.1) is 0 Å². The Labute approximate surface area is 248 Å². The molecule has 0 unspecified atom stereocenters. The number of nitrogens with zero attached hydrogens (tertiary/aromatic N) is 3. The van der Waals surface area contributed by atoms with Gasteiger partial charge in [-0.3, -0.25) is 4.79 Å². The highest BCUT2D eigenvalue weighted by molar-refractivity contribution is 5.96. The molecule has 6 N–H and O–H groups in total. The number of piperidine rings is 1. The summed E-state index contributed by atoms with van der Waals surface area (Å²) in [5, 5.41) is 7.64. The standard InChI is InChI=1S/C33H41N5O3.H3N/c1-5-9-25-12-6-7-13-37(25)32(39)23-11-8-10-22(16-23)24-14-21(2)15-26(17-24)38-31(29(19-36-38)33(40)41-4)28-18-27(28)30(34)20-35-3;/h8,10-11,14-17,19-20,25,27-28,35H,5-7,9,12-13,18,34H2,1-4H3;1H3/b30-20-;/t25-,27+,28+;/m1./s1. The topological polar surface area (TPSA) is 137 Å². The van der Waals surface area contributed by atoms with Gasteiger partial charge in [0.15, 0.2) is 0 Å². The van der Waals surface area contributed by atoms with Gasteiger partial charge in [0, 0.05) is 48.9 Å². The summed E-state index contributed by atoms with van der Waals surface area (Å²) in [6, 6.07) is 14.5. The zero-order valence-electron chi connectivity index (χ0n) is 25.2. The van der Waals surface area contributed by atoms with E-state index in [9.17, 15) is 9.59 Å². The minimum atomic E-state index is -0.411. The lowest BCUT2D eigenvalue weighted by molar-refractivity contribution is 0.0592. The molecule has 2 fully saturated rings. The highest BCUT2D eigenvalue weighted by Gasteiger charge is 2.45. The second-order valence-corrected chi connectivity index (χ2v) is 11.3. The van der Waals surface area contributed by atoms with Crippen LogP contribution in [0.1, 0.15) is 83.3 Å². The van der Waals surface area contributed by atoms with Crippen molar-refractivity contribution in [2.45, 2.75) is 64.3 Å². The van der Waals surface area contributed by atoms with E-state index < -0.39 is 5.97 Å². The molecule has 3 atom stereocenters. The molecule has 0 spiro atoms. The van der Waals surface area contributed by atoms with E-state index in [-0.39, 0.29) is 23.9 Å². The molecule has 2 heterocycles. The molecule has 2 aliphatic rings. The molecule has 2 aromatic carbocycles. The van der Waals surface area contributed by atoms with Crippen LogP contribution in [-0.2, 0) is 4.74 Å². The van der Waals surface area contributed by atoms with E-state index in [1.807, 2.05) is 42.9 Å². The van der Waals surface area contributed by atoms with Crippen LogP contribution in [0, 0.1) is 12.8 Å². The van der Waals surface area contributed by atoms with Gasteiger partial charge < -0.3 is 26.8 Å². The molecule has 1 amide bonds. The lowest BCUT2D eigenvalue weighted by Gasteiger charge is -2.36. The molecule has 9 heteroatoms. The largest absolute Gasteiger partial charge is 0.465 e. The van der Waals surface area contributed by atoms with Gasteiger partial charge >= 0.3 is 5.97 Å². The van der Waals surface area contributed by atoms with Crippen LogP contribution in [0.2, 0.25) is 0 Å². The Kier molecular flexibility index (Phi) is 9.73. The molecule has 224 valence electrons. The average Bonchev–Trinajstić information content (AvgIpc) is 3.66.